The number of halogens is 1. The minimum atomic E-state index is -0.376. The van der Waals surface area contributed by atoms with Gasteiger partial charge in [0.25, 0.3) is 0 Å². The molecule has 0 radical (unpaired) electrons. The number of pyridine rings is 1. The number of benzene rings is 2. The van der Waals surface area contributed by atoms with Gasteiger partial charge in [0.2, 0.25) is 0 Å². The quantitative estimate of drug-likeness (QED) is 0.617. The van der Waals surface area contributed by atoms with Crippen molar-refractivity contribution in [3.05, 3.63) is 65.2 Å². The molecule has 3 aromatic rings. The van der Waals surface area contributed by atoms with Gasteiger partial charge >= 0.3 is 0 Å². The van der Waals surface area contributed by atoms with Crippen LogP contribution in [0.5, 0.6) is 5.75 Å². The molecule has 5 nitrogen and oxygen atoms in total. The van der Waals surface area contributed by atoms with Crippen LogP contribution in [0.2, 0.25) is 5.02 Å². The number of hydrogen-bond acceptors (Lipinski definition) is 5. The monoisotopic (exact) mass is 410 g/mol. The standard InChI is InChI=1S/C23H23ClN2O3/c24-19-5-1-3-17(15-19)16-27-20-6-2-4-18-7-8-21(25-22(18)20)26-11-9-23(10-12-26)28-13-14-29-23/h1-8,15H,9-14,16H2. The van der Waals surface area contributed by atoms with Gasteiger partial charge in [0.15, 0.2) is 5.79 Å². The van der Waals surface area contributed by atoms with Crippen LogP contribution in [0.4, 0.5) is 5.82 Å². The third kappa shape index (κ3) is 3.90. The maximum Gasteiger partial charge on any atom is 0.171 e. The van der Waals surface area contributed by atoms with E-state index in [1.807, 2.05) is 36.4 Å². The van der Waals surface area contributed by atoms with Crippen LogP contribution in [0.25, 0.3) is 10.9 Å². The Labute approximate surface area is 175 Å². The Kier molecular flexibility index (Phi) is 5.04. The Morgan fingerprint density at radius 2 is 1.79 bits per heavy atom. The molecule has 1 aromatic heterocycles. The minimum Gasteiger partial charge on any atom is -0.487 e. The van der Waals surface area contributed by atoms with E-state index in [1.165, 1.54) is 0 Å². The van der Waals surface area contributed by atoms with Crippen LogP contribution in [-0.2, 0) is 16.1 Å². The summed E-state index contributed by atoms with van der Waals surface area (Å²) in [7, 11) is 0. The van der Waals surface area contributed by atoms with Crippen molar-refractivity contribution < 1.29 is 14.2 Å². The van der Waals surface area contributed by atoms with E-state index in [0.717, 1.165) is 54.0 Å². The third-order valence-electron chi connectivity index (χ3n) is 5.61. The van der Waals surface area contributed by atoms with Crippen molar-refractivity contribution in [1.82, 2.24) is 4.98 Å². The predicted molar refractivity (Wildman–Crippen MR) is 114 cm³/mol. The number of aromatic nitrogens is 1. The molecule has 1 spiro atoms. The molecule has 0 N–H and O–H groups in total. The molecule has 5 rings (SSSR count). The second-order valence-electron chi connectivity index (χ2n) is 7.51. The average molecular weight is 411 g/mol. The first-order valence-electron chi connectivity index (χ1n) is 10.0. The van der Waals surface area contributed by atoms with E-state index >= 15 is 0 Å². The Morgan fingerprint density at radius 1 is 1.00 bits per heavy atom. The summed E-state index contributed by atoms with van der Waals surface area (Å²) in [5.41, 5.74) is 1.91. The lowest BCUT2D eigenvalue weighted by Gasteiger charge is -2.38. The van der Waals surface area contributed by atoms with E-state index < -0.39 is 0 Å². The van der Waals surface area contributed by atoms with E-state index in [1.54, 1.807) is 0 Å². The van der Waals surface area contributed by atoms with Crippen molar-refractivity contribution in [1.29, 1.82) is 0 Å². The fourth-order valence-corrected chi connectivity index (χ4v) is 4.27. The largest absolute Gasteiger partial charge is 0.487 e. The van der Waals surface area contributed by atoms with Gasteiger partial charge in [0.05, 0.1) is 13.2 Å². The summed E-state index contributed by atoms with van der Waals surface area (Å²) < 4.78 is 17.8. The Morgan fingerprint density at radius 3 is 2.59 bits per heavy atom. The van der Waals surface area contributed by atoms with Gasteiger partial charge < -0.3 is 19.1 Å². The molecule has 0 saturated carbocycles. The molecule has 2 fully saturated rings. The normalized spacial score (nSPS) is 18.4. The highest BCUT2D eigenvalue weighted by atomic mass is 35.5. The number of nitrogens with zero attached hydrogens (tertiary/aromatic N) is 2. The lowest BCUT2D eigenvalue weighted by molar-refractivity contribution is -0.169. The molecule has 0 unspecified atom stereocenters. The number of fused-ring (bicyclic) bond motifs is 1. The summed E-state index contributed by atoms with van der Waals surface area (Å²) in [5, 5.41) is 1.77. The SMILES string of the molecule is Clc1cccc(COc2cccc3ccc(N4CCC5(CC4)OCCO5)nc23)c1. The van der Waals surface area contributed by atoms with Crippen LogP contribution in [0, 0.1) is 0 Å². The zero-order valence-corrected chi connectivity index (χ0v) is 16.9. The predicted octanol–water partition coefficient (Wildman–Crippen LogP) is 4.81. The Bertz CT molecular complexity index is 1010. The van der Waals surface area contributed by atoms with Crippen LogP contribution in [0.3, 0.4) is 0 Å². The average Bonchev–Trinajstić information content (AvgIpc) is 3.20. The van der Waals surface area contributed by atoms with Crippen molar-refractivity contribution in [2.45, 2.75) is 25.2 Å². The number of piperidine rings is 1. The summed E-state index contributed by atoms with van der Waals surface area (Å²) in [6.07, 6.45) is 1.72. The van der Waals surface area contributed by atoms with Crippen LogP contribution in [-0.4, -0.2) is 37.1 Å². The summed E-state index contributed by atoms with van der Waals surface area (Å²) in [4.78, 5) is 7.23. The van der Waals surface area contributed by atoms with Gasteiger partial charge in [-0.1, -0.05) is 35.9 Å². The molecule has 29 heavy (non-hydrogen) atoms. The van der Waals surface area contributed by atoms with Gasteiger partial charge in [-0.25, -0.2) is 4.98 Å². The molecule has 2 saturated heterocycles. The third-order valence-corrected chi connectivity index (χ3v) is 5.85. The first-order chi connectivity index (χ1) is 14.2. The molecule has 0 aliphatic carbocycles. The number of anilines is 1. The summed E-state index contributed by atoms with van der Waals surface area (Å²) in [5.74, 6) is 1.36. The second kappa shape index (κ2) is 7.82. The fraction of sp³-hybridized carbons (Fsp3) is 0.348. The molecule has 0 amide bonds. The zero-order valence-electron chi connectivity index (χ0n) is 16.1. The van der Waals surface area contributed by atoms with Crippen LogP contribution in [0.1, 0.15) is 18.4 Å². The fourth-order valence-electron chi connectivity index (χ4n) is 4.05. The second-order valence-corrected chi connectivity index (χ2v) is 7.95. The van der Waals surface area contributed by atoms with Crippen LogP contribution >= 0.6 is 11.6 Å². The molecule has 3 heterocycles. The van der Waals surface area contributed by atoms with Gasteiger partial charge in [0, 0.05) is 36.3 Å². The molecule has 0 bridgehead atoms. The van der Waals surface area contributed by atoms with E-state index in [9.17, 15) is 0 Å². The van der Waals surface area contributed by atoms with Gasteiger partial charge in [0.1, 0.15) is 23.7 Å². The molecule has 6 heteroatoms. The smallest absolute Gasteiger partial charge is 0.171 e. The van der Waals surface area contributed by atoms with E-state index in [4.69, 9.17) is 30.8 Å². The van der Waals surface area contributed by atoms with Gasteiger partial charge in [-0.2, -0.15) is 0 Å². The van der Waals surface area contributed by atoms with E-state index in [0.29, 0.717) is 24.8 Å². The lowest BCUT2D eigenvalue weighted by atomic mass is 10.0. The lowest BCUT2D eigenvalue weighted by Crippen LogP contribution is -2.45. The highest BCUT2D eigenvalue weighted by molar-refractivity contribution is 6.30. The molecule has 2 aliphatic rings. The van der Waals surface area contributed by atoms with Gasteiger partial charge in [-0.05, 0) is 35.9 Å². The van der Waals surface area contributed by atoms with Crippen molar-refractivity contribution in [2.24, 2.45) is 0 Å². The molecular weight excluding hydrogens is 388 g/mol. The van der Waals surface area contributed by atoms with E-state index in [-0.39, 0.29) is 5.79 Å². The van der Waals surface area contributed by atoms with Crippen LogP contribution in [0.15, 0.2) is 54.6 Å². The molecule has 2 aliphatic heterocycles. The molecule has 0 atom stereocenters. The summed E-state index contributed by atoms with van der Waals surface area (Å²) in [6.45, 7) is 3.57. The highest BCUT2D eigenvalue weighted by Crippen LogP contribution is 2.34. The minimum absolute atomic E-state index is 0.376. The summed E-state index contributed by atoms with van der Waals surface area (Å²) >= 11 is 6.08. The van der Waals surface area contributed by atoms with Gasteiger partial charge in [-0.15, -0.1) is 0 Å². The number of para-hydroxylation sites is 1. The number of ether oxygens (including phenoxy) is 3. The van der Waals surface area contributed by atoms with Crippen LogP contribution < -0.4 is 9.64 Å². The molecular formula is C23H23ClN2O3. The van der Waals surface area contributed by atoms with Crippen molar-refractivity contribution in [2.75, 3.05) is 31.2 Å². The van der Waals surface area contributed by atoms with Crippen molar-refractivity contribution in [3.8, 4) is 5.75 Å². The Balaban J connectivity index is 1.36. The molecule has 2 aromatic carbocycles. The molecule has 150 valence electrons. The maximum absolute atomic E-state index is 6.10. The van der Waals surface area contributed by atoms with Gasteiger partial charge in [-0.3, -0.25) is 0 Å². The first-order valence-corrected chi connectivity index (χ1v) is 10.4. The number of rotatable bonds is 4. The van der Waals surface area contributed by atoms with Crippen molar-refractivity contribution in [3.63, 3.8) is 0 Å². The highest BCUT2D eigenvalue weighted by Gasteiger charge is 2.40. The Hall–Kier alpha value is -2.34. The topological polar surface area (TPSA) is 43.8 Å². The zero-order chi connectivity index (χ0) is 19.7. The maximum atomic E-state index is 6.10. The van der Waals surface area contributed by atoms with Crippen molar-refractivity contribution >= 4 is 28.3 Å². The van der Waals surface area contributed by atoms with E-state index in [2.05, 4.69) is 23.1 Å². The number of hydrogen-bond donors (Lipinski definition) is 0. The summed E-state index contributed by atoms with van der Waals surface area (Å²) in [6, 6.07) is 17.9. The first kappa shape index (κ1) is 18.7.